The number of ether oxygens (including phenoxy) is 1. The number of nitrogens with zero attached hydrogens (tertiary/aromatic N) is 1. The van der Waals surface area contributed by atoms with Gasteiger partial charge in [0.15, 0.2) is 0 Å². The van der Waals surface area contributed by atoms with Crippen LogP contribution in [0.5, 0.6) is 0 Å². The van der Waals surface area contributed by atoms with E-state index in [2.05, 4.69) is 0 Å². The second-order valence-electron chi connectivity index (χ2n) is 5.99. The summed E-state index contributed by atoms with van der Waals surface area (Å²) >= 11 is 0. The van der Waals surface area contributed by atoms with E-state index < -0.39 is 10.0 Å². The number of carbonyl (C=O) groups excluding carboxylic acids is 1. The molecule has 2 heterocycles. The topological polar surface area (TPSA) is 110 Å². The number of carbonyl (C=O) groups is 1. The molecule has 2 saturated heterocycles. The van der Waals surface area contributed by atoms with Gasteiger partial charge in [-0.05, 0) is 24.3 Å². The maximum absolute atomic E-state index is 12.5. The standard InChI is InChI=1S/C14H18N2O5S/c15-22(19,20)12-3-1-10(2-4-12)13(18)16-5-11-6-21-9-14(11,7-16)8-17/h1-4,11,17H,5-9H2,(H2,15,19,20)/t11-,14-/m0/s1. The fourth-order valence-electron chi connectivity index (χ4n) is 3.18. The lowest BCUT2D eigenvalue weighted by atomic mass is 9.82. The molecule has 0 spiro atoms. The number of sulfonamides is 1. The van der Waals surface area contributed by atoms with Crippen LogP contribution in [0.1, 0.15) is 10.4 Å². The highest BCUT2D eigenvalue weighted by atomic mass is 32.2. The highest BCUT2D eigenvalue weighted by Gasteiger charge is 2.51. The third-order valence-corrected chi connectivity index (χ3v) is 5.48. The molecule has 2 aliphatic rings. The van der Waals surface area contributed by atoms with E-state index in [0.29, 0.717) is 31.9 Å². The summed E-state index contributed by atoms with van der Waals surface area (Å²) in [4.78, 5) is 14.2. The quantitative estimate of drug-likeness (QED) is 0.772. The van der Waals surface area contributed by atoms with Gasteiger partial charge < -0.3 is 14.7 Å². The zero-order valence-corrected chi connectivity index (χ0v) is 12.8. The van der Waals surface area contributed by atoms with E-state index in [1.54, 1.807) is 4.90 Å². The minimum atomic E-state index is -3.76. The number of aliphatic hydroxyl groups excluding tert-OH is 1. The highest BCUT2D eigenvalue weighted by molar-refractivity contribution is 7.89. The Balaban J connectivity index is 1.78. The van der Waals surface area contributed by atoms with Gasteiger partial charge in [-0.1, -0.05) is 0 Å². The van der Waals surface area contributed by atoms with Gasteiger partial charge in [0, 0.05) is 30.0 Å². The summed E-state index contributed by atoms with van der Waals surface area (Å²) < 4.78 is 27.9. The first-order chi connectivity index (χ1) is 10.4. The van der Waals surface area contributed by atoms with Gasteiger partial charge in [0.2, 0.25) is 10.0 Å². The number of aliphatic hydroxyl groups is 1. The zero-order chi connectivity index (χ0) is 16.0. The monoisotopic (exact) mass is 326 g/mol. The van der Waals surface area contributed by atoms with E-state index in [1.165, 1.54) is 24.3 Å². The third-order valence-electron chi connectivity index (χ3n) is 4.55. The number of benzene rings is 1. The smallest absolute Gasteiger partial charge is 0.253 e. The molecule has 2 fully saturated rings. The molecule has 7 nitrogen and oxygen atoms in total. The molecule has 3 N–H and O–H groups in total. The Morgan fingerprint density at radius 2 is 2.09 bits per heavy atom. The van der Waals surface area contributed by atoms with Gasteiger partial charge in [0.05, 0.1) is 24.7 Å². The van der Waals surface area contributed by atoms with Gasteiger partial charge in [-0.2, -0.15) is 0 Å². The van der Waals surface area contributed by atoms with Gasteiger partial charge >= 0.3 is 0 Å². The van der Waals surface area contributed by atoms with Crippen molar-refractivity contribution in [2.24, 2.45) is 16.5 Å². The number of hydrogen-bond donors (Lipinski definition) is 2. The lowest BCUT2D eigenvalue weighted by molar-refractivity contribution is 0.0631. The van der Waals surface area contributed by atoms with E-state index >= 15 is 0 Å². The molecule has 0 radical (unpaired) electrons. The summed E-state index contributed by atoms with van der Waals surface area (Å²) in [7, 11) is -3.76. The van der Waals surface area contributed by atoms with Crippen molar-refractivity contribution in [1.29, 1.82) is 0 Å². The van der Waals surface area contributed by atoms with Crippen molar-refractivity contribution < 1.29 is 23.1 Å². The molecule has 1 aromatic rings. The van der Waals surface area contributed by atoms with Crippen molar-refractivity contribution in [3.8, 4) is 0 Å². The summed E-state index contributed by atoms with van der Waals surface area (Å²) in [6, 6.07) is 5.56. The Bertz CT molecular complexity index is 688. The molecule has 0 saturated carbocycles. The van der Waals surface area contributed by atoms with Crippen LogP contribution in [0.2, 0.25) is 0 Å². The van der Waals surface area contributed by atoms with Crippen molar-refractivity contribution in [2.45, 2.75) is 4.90 Å². The normalized spacial score (nSPS) is 27.9. The molecule has 2 aliphatic heterocycles. The number of fused-ring (bicyclic) bond motifs is 1. The first-order valence-electron chi connectivity index (χ1n) is 6.96. The predicted octanol–water partition coefficient (Wildman–Crippen LogP) is -0.585. The van der Waals surface area contributed by atoms with Gasteiger partial charge in [-0.25, -0.2) is 13.6 Å². The third kappa shape index (κ3) is 2.52. The molecule has 22 heavy (non-hydrogen) atoms. The van der Waals surface area contributed by atoms with Crippen LogP contribution in [0.25, 0.3) is 0 Å². The van der Waals surface area contributed by atoms with E-state index in [1.807, 2.05) is 0 Å². The van der Waals surface area contributed by atoms with Crippen molar-refractivity contribution >= 4 is 15.9 Å². The largest absolute Gasteiger partial charge is 0.396 e. The number of hydrogen-bond acceptors (Lipinski definition) is 5. The summed E-state index contributed by atoms with van der Waals surface area (Å²) in [6.45, 7) is 1.99. The van der Waals surface area contributed by atoms with Crippen LogP contribution in [-0.4, -0.2) is 57.2 Å². The Labute approximate surface area is 128 Å². The fourth-order valence-corrected chi connectivity index (χ4v) is 3.70. The maximum Gasteiger partial charge on any atom is 0.253 e. The second kappa shape index (κ2) is 5.31. The lowest BCUT2D eigenvalue weighted by Crippen LogP contribution is -2.36. The average molecular weight is 326 g/mol. The predicted molar refractivity (Wildman–Crippen MR) is 77.5 cm³/mol. The summed E-state index contributed by atoms with van der Waals surface area (Å²) in [5.74, 6) is -0.0339. The van der Waals surface area contributed by atoms with Crippen LogP contribution in [0, 0.1) is 11.3 Å². The molecule has 0 aliphatic carbocycles. The van der Waals surface area contributed by atoms with Crippen LogP contribution in [0.3, 0.4) is 0 Å². The number of nitrogens with two attached hydrogens (primary N) is 1. The van der Waals surface area contributed by atoms with Crippen LogP contribution in [0.4, 0.5) is 0 Å². The number of rotatable bonds is 3. The van der Waals surface area contributed by atoms with E-state index in [4.69, 9.17) is 9.88 Å². The average Bonchev–Trinajstić information content (AvgIpc) is 3.03. The number of amides is 1. The zero-order valence-electron chi connectivity index (χ0n) is 11.9. The second-order valence-corrected chi connectivity index (χ2v) is 7.55. The first kappa shape index (κ1) is 15.4. The van der Waals surface area contributed by atoms with E-state index in [-0.39, 0.29) is 28.7 Å². The molecule has 0 aromatic heterocycles. The first-order valence-corrected chi connectivity index (χ1v) is 8.51. The van der Waals surface area contributed by atoms with E-state index in [0.717, 1.165) is 0 Å². The number of primary sulfonamides is 1. The van der Waals surface area contributed by atoms with Gasteiger partial charge in [0.1, 0.15) is 0 Å². The summed E-state index contributed by atoms with van der Waals surface area (Å²) in [5.41, 5.74) is 0.0392. The van der Waals surface area contributed by atoms with Crippen LogP contribution >= 0.6 is 0 Å². The molecule has 3 rings (SSSR count). The van der Waals surface area contributed by atoms with Crippen molar-refractivity contribution in [3.05, 3.63) is 29.8 Å². The Morgan fingerprint density at radius 3 is 2.64 bits per heavy atom. The molecule has 1 aromatic carbocycles. The van der Waals surface area contributed by atoms with Gasteiger partial charge in [0.25, 0.3) is 5.91 Å². The molecular formula is C14H18N2O5S. The SMILES string of the molecule is NS(=O)(=O)c1ccc(C(=O)N2C[C@H]3COC[C@@]3(CO)C2)cc1. The van der Waals surface area contributed by atoms with Crippen LogP contribution in [0.15, 0.2) is 29.2 Å². The Hall–Kier alpha value is -1.48. The van der Waals surface area contributed by atoms with Crippen molar-refractivity contribution in [3.63, 3.8) is 0 Å². The highest BCUT2D eigenvalue weighted by Crippen LogP contribution is 2.41. The molecule has 120 valence electrons. The minimum Gasteiger partial charge on any atom is -0.396 e. The minimum absolute atomic E-state index is 0.00813. The summed E-state index contributed by atoms with van der Waals surface area (Å²) in [5, 5.41) is 14.7. The lowest BCUT2D eigenvalue weighted by Gasteiger charge is -2.24. The Morgan fingerprint density at radius 1 is 1.41 bits per heavy atom. The van der Waals surface area contributed by atoms with Crippen LogP contribution in [-0.2, 0) is 14.8 Å². The molecule has 8 heteroatoms. The molecule has 0 unspecified atom stereocenters. The fraction of sp³-hybridized carbons (Fsp3) is 0.500. The maximum atomic E-state index is 12.5. The molecule has 0 bridgehead atoms. The Kier molecular flexibility index (Phi) is 3.72. The van der Waals surface area contributed by atoms with Gasteiger partial charge in [-0.15, -0.1) is 0 Å². The van der Waals surface area contributed by atoms with Crippen molar-refractivity contribution in [1.82, 2.24) is 4.90 Å². The summed E-state index contributed by atoms with van der Waals surface area (Å²) in [6.07, 6.45) is 0. The molecule has 2 atom stereocenters. The van der Waals surface area contributed by atoms with Crippen LogP contribution < -0.4 is 5.14 Å². The molecule has 1 amide bonds. The van der Waals surface area contributed by atoms with Gasteiger partial charge in [-0.3, -0.25) is 4.79 Å². The molecular weight excluding hydrogens is 308 g/mol. The van der Waals surface area contributed by atoms with Crippen molar-refractivity contribution in [2.75, 3.05) is 32.9 Å². The van der Waals surface area contributed by atoms with E-state index in [9.17, 15) is 18.3 Å². The number of likely N-dealkylation sites (tertiary alicyclic amines) is 1.